The van der Waals surface area contributed by atoms with E-state index < -0.39 is 5.97 Å². The molecule has 0 amide bonds. The van der Waals surface area contributed by atoms with Gasteiger partial charge in [-0.1, -0.05) is 30.3 Å². The first kappa shape index (κ1) is 15.7. The topological polar surface area (TPSA) is 72.8 Å². The lowest BCUT2D eigenvalue weighted by atomic mass is 10.0. The standard InChI is InChI=1S/C17H16O5/c1-21-13-7-8-14(15(9-13)17(19)20)16(18)11-22-10-12-5-3-2-4-6-12/h2-9H,10-11H2,1H3,(H,19,20). The molecular weight excluding hydrogens is 284 g/mol. The first-order valence-corrected chi connectivity index (χ1v) is 6.68. The maximum atomic E-state index is 12.1. The van der Waals surface area contributed by atoms with Crippen molar-refractivity contribution in [3.05, 3.63) is 65.2 Å². The van der Waals surface area contributed by atoms with Gasteiger partial charge in [0.25, 0.3) is 0 Å². The third-order valence-corrected chi connectivity index (χ3v) is 3.10. The Morgan fingerprint density at radius 1 is 1.05 bits per heavy atom. The first-order chi connectivity index (χ1) is 10.6. The van der Waals surface area contributed by atoms with E-state index >= 15 is 0 Å². The molecule has 0 atom stereocenters. The summed E-state index contributed by atoms with van der Waals surface area (Å²) in [5.74, 6) is -1.17. The van der Waals surface area contributed by atoms with E-state index in [0.717, 1.165) is 5.56 Å². The lowest BCUT2D eigenvalue weighted by molar-refractivity contribution is 0.0671. The molecule has 0 fully saturated rings. The zero-order valence-electron chi connectivity index (χ0n) is 12.1. The predicted molar refractivity (Wildman–Crippen MR) is 80.4 cm³/mol. The normalized spacial score (nSPS) is 10.2. The molecule has 114 valence electrons. The van der Waals surface area contributed by atoms with Gasteiger partial charge >= 0.3 is 5.97 Å². The minimum Gasteiger partial charge on any atom is -0.497 e. The zero-order valence-corrected chi connectivity index (χ0v) is 12.1. The van der Waals surface area contributed by atoms with Crippen LogP contribution in [0, 0.1) is 0 Å². The van der Waals surface area contributed by atoms with Crippen molar-refractivity contribution in [2.24, 2.45) is 0 Å². The summed E-state index contributed by atoms with van der Waals surface area (Å²) >= 11 is 0. The molecule has 0 aromatic heterocycles. The number of ether oxygens (including phenoxy) is 2. The second-order valence-electron chi connectivity index (χ2n) is 4.62. The van der Waals surface area contributed by atoms with E-state index in [2.05, 4.69) is 0 Å². The number of hydrogen-bond acceptors (Lipinski definition) is 4. The second-order valence-corrected chi connectivity index (χ2v) is 4.62. The number of carboxylic acids is 1. The van der Waals surface area contributed by atoms with Gasteiger partial charge in [0.2, 0.25) is 0 Å². The third kappa shape index (κ3) is 3.93. The van der Waals surface area contributed by atoms with Crippen LogP contribution in [0.3, 0.4) is 0 Å². The van der Waals surface area contributed by atoms with E-state index in [9.17, 15) is 14.7 Å². The van der Waals surface area contributed by atoms with E-state index in [-0.39, 0.29) is 23.5 Å². The predicted octanol–water partition coefficient (Wildman–Crippen LogP) is 2.79. The number of methoxy groups -OCH3 is 1. The Morgan fingerprint density at radius 2 is 1.77 bits per heavy atom. The quantitative estimate of drug-likeness (QED) is 0.796. The number of carbonyl (C=O) groups excluding carboxylic acids is 1. The molecule has 0 spiro atoms. The van der Waals surface area contributed by atoms with Crippen molar-refractivity contribution in [2.45, 2.75) is 6.61 Å². The van der Waals surface area contributed by atoms with Crippen molar-refractivity contribution in [2.75, 3.05) is 13.7 Å². The molecule has 0 aliphatic carbocycles. The number of ketones is 1. The summed E-state index contributed by atoms with van der Waals surface area (Å²) in [5.41, 5.74) is 0.970. The number of rotatable bonds is 7. The van der Waals surface area contributed by atoms with Gasteiger partial charge in [0.05, 0.1) is 19.3 Å². The summed E-state index contributed by atoms with van der Waals surface area (Å²) in [6.45, 7) is 0.118. The van der Waals surface area contributed by atoms with Crippen molar-refractivity contribution >= 4 is 11.8 Å². The molecule has 0 unspecified atom stereocenters. The van der Waals surface area contributed by atoms with Gasteiger partial charge in [-0.2, -0.15) is 0 Å². The Kier molecular flexibility index (Phi) is 5.27. The van der Waals surface area contributed by atoms with Crippen LogP contribution in [0.25, 0.3) is 0 Å². The number of carboxylic acid groups (broad SMARTS) is 1. The average Bonchev–Trinajstić information content (AvgIpc) is 2.55. The van der Waals surface area contributed by atoms with Gasteiger partial charge in [-0.15, -0.1) is 0 Å². The molecule has 0 aliphatic rings. The van der Waals surface area contributed by atoms with Crippen LogP contribution >= 0.6 is 0 Å². The number of Topliss-reactive ketones (excluding diaryl/α,β-unsaturated/α-hetero) is 1. The molecule has 0 saturated heterocycles. The van der Waals surface area contributed by atoms with Crippen molar-refractivity contribution in [1.29, 1.82) is 0 Å². The Balaban J connectivity index is 2.04. The Hall–Kier alpha value is -2.66. The SMILES string of the molecule is COc1ccc(C(=O)COCc2ccccc2)c(C(=O)O)c1. The highest BCUT2D eigenvalue weighted by Gasteiger charge is 2.17. The summed E-state index contributed by atoms with van der Waals surface area (Å²) in [4.78, 5) is 23.4. The highest BCUT2D eigenvalue weighted by molar-refractivity contribution is 6.06. The van der Waals surface area contributed by atoms with Gasteiger partial charge in [-0.25, -0.2) is 4.79 Å². The van der Waals surface area contributed by atoms with Crippen molar-refractivity contribution in [3.63, 3.8) is 0 Å². The fraction of sp³-hybridized carbons (Fsp3) is 0.176. The highest BCUT2D eigenvalue weighted by Crippen LogP contribution is 2.18. The summed E-state index contributed by atoms with van der Waals surface area (Å²) in [6, 6.07) is 13.8. The van der Waals surface area contributed by atoms with Crippen LogP contribution < -0.4 is 4.74 Å². The van der Waals surface area contributed by atoms with E-state index in [1.54, 1.807) is 6.07 Å². The van der Waals surface area contributed by atoms with Crippen LogP contribution in [0.4, 0.5) is 0 Å². The molecule has 0 saturated carbocycles. The summed E-state index contributed by atoms with van der Waals surface area (Å²) in [5, 5.41) is 9.19. The van der Waals surface area contributed by atoms with E-state index in [4.69, 9.17) is 9.47 Å². The Labute approximate surface area is 128 Å². The molecule has 2 aromatic carbocycles. The van der Waals surface area contributed by atoms with Crippen molar-refractivity contribution in [1.82, 2.24) is 0 Å². The minimum atomic E-state index is -1.18. The van der Waals surface area contributed by atoms with Gasteiger partial charge in [0.15, 0.2) is 5.78 Å². The van der Waals surface area contributed by atoms with Gasteiger partial charge in [0, 0.05) is 5.56 Å². The smallest absolute Gasteiger partial charge is 0.336 e. The fourth-order valence-corrected chi connectivity index (χ4v) is 1.98. The van der Waals surface area contributed by atoms with Gasteiger partial charge in [0.1, 0.15) is 12.4 Å². The molecule has 0 radical (unpaired) electrons. The second kappa shape index (κ2) is 7.38. The average molecular weight is 300 g/mol. The molecule has 0 aliphatic heterocycles. The van der Waals surface area contributed by atoms with Crippen LogP contribution in [0.15, 0.2) is 48.5 Å². The number of hydrogen-bond donors (Lipinski definition) is 1. The fourth-order valence-electron chi connectivity index (χ4n) is 1.98. The molecule has 22 heavy (non-hydrogen) atoms. The van der Waals surface area contributed by atoms with Crippen LogP contribution in [0.2, 0.25) is 0 Å². The summed E-state index contributed by atoms with van der Waals surface area (Å²) < 4.78 is 10.3. The van der Waals surface area contributed by atoms with E-state index in [1.165, 1.54) is 19.2 Å². The molecule has 2 aromatic rings. The van der Waals surface area contributed by atoms with Crippen molar-refractivity contribution in [3.8, 4) is 5.75 Å². The van der Waals surface area contributed by atoms with E-state index in [1.807, 2.05) is 30.3 Å². The highest BCUT2D eigenvalue weighted by atomic mass is 16.5. The van der Waals surface area contributed by atoms with Crippen LogP contribution in [-0.2, 0) is 11.3 Å². The monoisotopic (exact) mass is 300 g/mol. The molecular formula is C17H16O5. The zero-order chi connectivity index (χ0) is 15.9. The number of carbonyl (C=O) groups is 2. The molecule has 2 rings (SSSR count). The summed E-state index contributed by atoms with van der Waals surface area (Å²) in [7, 11) is 1.44. The van der Waals surface area contributed by atoms with Crippen molar-refractivity contribution < 1.29 is 24.2 Å². The molecule has 5 heteroatoms. The lowest BCUT2D eigenvalue weighted by Crippen LogP contribution is -2.14. The van der Waals surface area contributed by atoms with Crippen LogP contribution in [0.1, 0.15) is 26.3 Å². The van der Waals surface area contributed by atoms with E-state index in [0.29, 0.717) is 12.4 Å². The number of benzene rings is 2. The minimum absolute atomic E-state index is 0.0901. The number of aromatic carboxylic acids is 1. The van der Waals surface area contributed by atoms with Crippen LogP contribution in [0.5, 0.6) is 5.75 Å². The first-order valence-electron chi connectivity index (χ1n) is 6.68. The molecule has 0 heterocycles. The third-order valence-electron chi connectivity index (χ3n) is 3.10. The largest absolute Gasteiger partial charge is 0.497 e. The maximum Gasteiger partial charge on any atom is 0.336 e. The van der Waals surface area contributed by atoms with Gasteiger partial charge < -0.3 is 14.6 Å². The van der Waals surface area contributed by atoms with Crippen LogP contribution in [-0.4, -0.2) is 30.6 Å². The summed E-state index contributed by atoms with van der Waals surface area (Å²) in [6.07, 6.45) is 0. The molecule has 0 bridgehead atoms. The molecule has 1 N–H and O–H groups in total. The Bertz CT molecular complexity index is 664. The lowest BCUT2D eigenvalue weighted by Gasteiger charge is -2.08. The maximum absolute atomic E-state index is 12.1. The van der Waals surface area contributed by atoms with Gasteiger partial charge in [-0.3, -0.25) is 4.79 Å². The Morgan fingerprint density at radius 3 is 2.41 bits per heavy atom. The molecule has 5 nitrogen and oxygen atoms in total. The van der Waals surface area contributed by atoms with Gasteiger partial charge in [-0.05, 0) is 23.8 Å².